The first-order chi connectivity index (χ1) is 19.2. The lowest BCUT2D eigenvalue weighted by atomic mass is 10.1. The molecule has 15 heteroatoms. The molecule has 4 rings (SSSR count). The molecule has 1 fully saturated rings. The third-order valence-electron chi connectivity index (χ3n) is 6.84. The number of Topliss-reactive ketones (excluding diaryl/α,β-unsaturated/α-hetero) is 2. The number of rotatable bonds is 12. The zero-order chi connectivity index (χ0) is 30.1. The van der Waals surface area contributed by atoms with Crippen molar-refractivity contribution < 1.29 is 37.4 Å². The fourth-order valence-corrected chi connectivity index (χ4v) is 7.07. The molecular formula is C26H32BrFN5O7P. The highest BCUT2D eigenvalue weighted by molar-refractivity contribution is 9.10. The molecule has 12 nitrogen and oxygen atoms in total. The van der Waals surface area contributed by atoms with E-state index in [1.807, 2.05) is 0 Å². The van der Waals surface area contributed by atoms with Crippen LogP contribution in [0.4, 0.5) is 16.2 Å². The molecule has 0 amide bonds. The van der Waals surface area contributed by atoms with Crippen molar-refractivity contribution in [3.05, 3.63) is 47.7 Å². The summed E-state index contributed by atoms with van der Waals surface area (Å²) in [4.78, 5) is 27.4. The predicted octanol–water partition coefficient (Wildman–Crippen LogP) is 3.79. The molecule has 0 aliphatic carbocycles. The minimum absolute atomic E-state index is 0.0246. The van der Waals surface area contributed by atoms with E-state index in [9.17, 15) is 19.3 Å². The van der Waals surface area contributed by atoms with Crippen LogP contribution in [0.15, 0.2) is 36.4 Å². The largest absolute Gasteiger partial charge is 0.424 e. The van der Waals surface area contributed by atoms with Gasteiger partial charge in [0.25, 0.3) is 0 Å². The number of nitrogen functional groups attached to an aromatic ring is 2. The lowest BCUT2D eigenvalue weighted by Gasteiger charge is -2.25. The molecule has 2 aromatic heterocycles. The van der Waals surface area contributed by atoms with Crippen LogP contribution in [-0.4, -0.2) is 60.8 Å². The topological polar surface area (TPSA) is 181 Å². The van der Waals surface area contributed by atoms with Crippen molar-refractivity contribution in [2.45, 2.75) is 56.5 Å². The maximum Gasteiger partial charge on any atom is 0.380 e. The molecular weight excluding hydrogens is 624 g/mol. The molecule has 1 aromatic carbocycles. The summed E-state index contributed by atoms with van der Waals surface area (Å²) < 4.78 is 46.2. The molecule has 0 saturated carbocycles. The van der Waals surface area contributed by atoms with Crippen LogP contribution in [0, 0.1) is 5.92 Å². The summed E-state index contributed by atoms with van der Waals surface area (Å²) in [6, 6.07) is 9.82. The van der Waals surface area contributed by atoms with Crippen LogP contribution in [-0.2, 0) is 29.8 Å². The number of aliphatic hydroxyl groups excluding tert-OH is 1. The fraction of sp³-hybridized carbons (Fsp3) is 0.462. The first kappa shape index (κ1) is 31.0. The van der Waals surface area contributed by atoms with Crippen LogP contribution < -0.4 is 16.0 Å². The van der Waals surface area contributed by atoms with Crippen LogP contribution in [0.25, 0.3) is 5.52 Å². The number of aromatic nitrogens is 3. The Morgan fingerprint density at radius 3 is 2.66 bits per heavy atom. The van der Waals surface area contributed by atoms with Gasteiger partial charge in [0.15, 0.2) is 5.82 Å². The number of nitrogens with two attached hydrogens (primary N) is 2. The molecule has 5 N–H and O–H groups in total. The van der Waals surface area contributed by atoms with Gasteiger partial charge in [-0.3, -0.25) is 9.32 Å². The third kappa shape index (κ3) is 6.78. The van der Waals surface area contributed by atoms with E-state index in [0.29, 0.717) is 17.5 Å². The van der Waals surface area contributed by atoms with E-state index >= 15 is 4.39 Å². The van der Waals surface area contributed by atoms with Gasteiger partial charge in [-0.1, -0.05) is 25.1 Å². The number of carbonyl (C=O) groups excluding carboxylic acids is 2. The number of para-hydroxylation sites is 1. The lowest BCUT2D eigenvalue weighted by molar-refractivity contribution is -0.120. The van der Waals surface area contributed by atoms with E-state index in [2.05, 4.69) is 26.0 Å². The zero-order valence-electron chi connectivity index (χ0n) is 22.7. The molecule has 0 bridgehead atoms. The van der Waals surface area contributed by atoms with Gasteiger partial charge in [0.05, 0.1) is 18.5 Å². The van der Waals surface area contributed by atoms with Crippen molar-refractivity contribution in [1.29, 1.82) is 0 Å². The van der Waals surface area contributed by atoms with Gasteiger partial charge in [-0.15, -0.1) is 5.10 Å². The average Bonchev–Trinajstić information content (AvgIpc) is 3.40. The second-order valence-electron chi connectivity index (χ2n) is 10.1. The summed E-state index contributed by atoms with van der Waals surface area (Å²) in [6.07, 6.45) is -4.15. The van der Waals surface area contributed by atoms with Crippen molar-refractivity contribution >= 4 is 52.4 Å². The maximum atomic E-state index is 15.9. The molecule has 6 atom stereocenters. The Labute approximate surface area is 244 Å². The number of benzene rings is 1. The number of halogens is 2. The number of ketones is 2. The number of hydrogen-bond acceptors (Lipinski definition) is 11. The summed E-state index contributed by atoms with van der Waals surface area (Å²) in [6.45, 7) is 3.88. The standard InChI is InChI=1S/C26H32BrFN5O7P/c1-14(16(3)35)13-41(37,40-20-7-5-4-6-17(20)9-8-15(2)34)38-12-21-22(36)26(27,28)23(39-21)18-10-11-19-24(29)31-25(30)32-33(18)19/h4-7,10-11,14,21-23,36H,8-9,12-13H2,1-3H3,(H4,29,30,31,32)/t14-,21-,22+,23+,26?,41?/m1/s1. The molecule has 1 aliphatic heterocycles. The smallest absolute Gasteiger partial charge is 0.380 e. The highest BCUT2D eigenvalue weighted by Crippen LogP contribution is 2.53. The first-order valence-electron chi connectivity index (χ1n) is 12.8. The fourth-order valence-electron chi connectivity index (χ4n) is 4.42. The molecule has 3 aromatic rings. The van der Waals surface area contributed by atoms with Crippen molar-refractivity contribution in [3.63, 3.8) is 0 Å². The summed E-state index contributed by atoms with van der Waals surface area (Å²) >= 11 is 2.94. The van der Waals surface area contributed by atoms with E-state index < -0.39 is 43.0 Å². The van der Waals surface area contributed by atoms with Crippen LogP contribution in [0.2, 0.25) is 0 Å². The molecule has 222 valence electrons. The second-order valence-corrected chi connectivity index (χ2v) is 13.3. The Kier molecular flexibility index (Phi) is 9.19. The number of aryl methyl sites for hydroxylation is 1. The summed E-state index contributed by atoms with van der Waals surface area (Å²) in [5.74, 6) is -0.791. The van der Waals surface area contributed by atoms with Gasteiger partial charge in [-0.25, -0.2) is 13.5 Å². The molecule has 41 heavy (non-hydrogen) atoms. The van der Waals surface area contributed by atoms with Gasteiger partial charge in [0, 0.05) is 12.3 Å². The van der Waals surface area contributed by atoms with Gasteiger partial charge in [-0.2, -0.15) is 4.98 Å². The van der Waals surface area contributed by atoms with Crippen molar-refractivity contribution in [2.75, 3.05) is 24.2 Å². The number of fused-ring (bicyclic) bond motifs is 1. The maximum absolute atomic E-state index is 15.9. The normalized spacial score (nSPS) is 24.7. The van der Waals surface area contributed by atoms with Crippen molar-refractivity contribution in [3.8, 4) is 5.75 Å². The number of anilines is 2. The minimum Gasteiger partial charge on any atom is -0.424 e. The Bertz CT molecular complexity index is 1500. The first-order valence-corrected chi connectivity index (χ1v) is 15.4. The van der Waals surface area contributed by atoms with Gasteiger partial charge in [0.2, 0.25) is 10.5 Å². The van der Waals surface area contributed by atoms with Crippen LogP contribution in [0.3, 0.4) is 0 Å². The number of ether oxygens (including phenoxy) is 1. The Morgan fingerprint density at radius 1 is 1.27 bits per heavy atom. The second kappa shape index (κ2) is 12.1. The molecule has 1 saturated heterocycles. The Morgan fingerprint density at radius 2 is 1.98 bits per heavy atom. The van der Waals surface area contributed by atoms with E-state index in [0.717, 1.165) is 0 Å². The lowest BCUT2D eigenvalue weighted by Crippen LogP contribution is -2.37. The predicted molar refractivity (Wildman–Crippen MR) is 153 cm³/mol. The zero-order valence-corrected chi connectivity index (χ0v) is 25.2. The molecule has 3 heterocycles. The number of nitrogens with zero attached hydrogens (tertiary/aromatic N) is 3. The number of alkyl halides is 2. The third-order valence-corrected chi connectivity index (χ3v) is 9.74. The summed E-state index contributed by atoms with van der Waals surface area (Å²) in [5, 5.41) is 14.9. The Balaban J connectivity index is 1.58. The van der Waals surface area contributed by atoms with E-state index in [4.69, 9.17) is 25.3 Å². The quantitative estimate of drug-likeness (QED) is 0.191. The minimum atomic E-state index is -4.07. The highest BCUT2D eigenvalue weighted by Gasteiger charge is 2.57. The SMILES string of the molecule is CC(=O)CCc1ccccc1OP(=O)(C[C@@H](C)C(C)=O)OC[C@H]1O[C@@H](c2ccc3c(N)nc(N)nn23)C(F)(Br)[C@H]1O. The Hall–Kier alpha value is -2.90. The van der Waals surface area contributed by atoms with Crippen LogP contribution >= 0.6 is 23.5 Å². The van der Waals surface area contributed by atoms with E-state index in [1.165, 1.54) is 24.4 Å². The van der Waals surface area contributed by atoms with Crippen LogP contribution in [0.1, 0.15) is 44.6 Å². The van der Waals surface area contributed by atoms with Gasteiger partial charge in [-0.05, 0) is 60.0 Å². The van der Waals surface area contributed by atoms with Gasteiger partial charge < -0.3 is 30.6 Å². The van der Waals surface area contributed by atoms with Crippen molar-refractivity contribution in [1.82, 2.24) is 14.6 Å². The average molecular weight is 656 g/mol. The van der Waals surface area contributed by atoms with Crippen LogP contribution in [0.5, 0.6) is 5.75 Å². The molecule has 2 unspecified atom stereocenters. The highest BCUT2D eigenvalue weighted by atomic mass is 79.9. The number of aliphatic hydroxyl groups is 1. The summed E-state index contributed by atoms with van der Waals surface area (Å²) in [7, 11) is -4.07. The monoisotopic (exact) mass is 655 g/mol. The molecule has 0 radical (unpaired) electrons. The molecule has 0 spiro atoms. The number of carbonyl (C=O) groups is 2. The van der Waals surface area contributed by atoms with E-state index in [1.54, 1.807) is 37.3 Å². The van der Waals surface area contributed by atoms with Gasteiger partial charge in [0.1, 0.15) is 41.1 Å². The van der Waals surface area contributed by atoms with Crippen molar-refractivity contribution in [2.24, 2.45) is 5.92 Å². The number of hydrogen-bond donors (Lipinski definition) is 3. The van der Waals surface area contributed by atoms with Gasteiger partial charge >= 0.3 is 7.60 Å². The molecule has 1 aliphatic rings. The van der Waals surface area contributed by atoms with E-state index in [-0.39, 0.29) is 47.4 Å². The summed E-state index contributed by atoms with van der Waals surface area (Å²) in [5.41, 5.74) is 12.8.